The fourth-order valence-corrected chi connectivity index (χ4v) is 2.47. The summed E-state index contributed by atoms with van der Waals surface area (Å²) in [4.78, 5) is 43.4. The number of carbonyl (C=O) groups is 4. The lowest BCUT2D eigenvalue weighted by Gasteiger charge is -2.13. The lowest BCUT2D eigenvalue weighted by atomic mass is 9.92. The van der Waals surface area contributed by atoms with E-state index in [1.165, 1.54) is 13.8 Å². The van der Waals surface area contributed by atoms with Crippen LogP contribution in [0.1, 0.15) is 95.9 Å². The summed E-state index contributed by atoms with van der Waals surface area (Å²) in [7, 11) is 0. The summed E-state index contributed by atoms with van der Waals surface area (Å²) in [5.74, 6) is -1.64. The normalized spacial score (nSPS) is 11.0. The molecule has 3 N–H and O–H groups in total. The number of carbonyl (C=O) groups excluding carboxylic acids is 3. The van der Waals surface area contributed by atoms with Crippen molar-refractivity contribution >= 4 is 23.3 Å². The van der Waals surface area contributed by atoms with Crippen molar-refractivity contribution in [2.45, 2.75) is 95.9 Å². The van der Waals surface area contributed by atoms with Crippen LogP contribution < -0.4 is 0 Å². The zero-order valence-electron chi connectivity index (χ0n) is 16.4. The molecule has 0 spiro atoms. The Hall–Kier alpha value is -1.60. The zero-order valence-corrected chi connectivity index (χ0v) is 16.4. The molecule has 7 heteroatoms. The highest BCUT2D eigenvalue weighted by molar-refractivity contribution is 5.83. The number of aliphatic carboxylic acids is 1. The first kappa shape index (κ1) is 42.5. The molecule has 0 fully saturated rings. The fourth-order valence-electron chi connectivity index (χ4n) is 2.47. The van der Waals surface area contributed by atoms with Gasteiger partial charge in [-0.15, -0.1) is 0 Å². The molecular formula is C23H50O7. The Labute approximate surface area is 185 Å². The third kappa shape index (κ3) is 21.1. The molecule has 0 aromatic rings. The highest BCUT2D eigenvalue weighted by atomic mass is 16.4. The molecule has 0 aromatic carbocycles. The van der Waals surface area contributed by atoms with Crippen LogP contribution in [0.2, 0.25) is 0 Å². The summed E-state index contributed by atoms with van der Waals surface area (Å²) >= 11 is 0. The Morgan fingerprint density at radius 2 is 1.00 bits per heavy atom. The van der Waals surface area contributed by atoms with Gasteiger partial charge in [-0.3, -0.25) is 19.2 Å². The first-order valence-electron chi connectivity index (χ1n) is 9.11. The van der Waals surface area contributed by atoms with E-state index in [1.54, 1.807) is 0 Å². The molecule has 30 heavy (non-hydrogen) atoms. The maximum atomic E-state index is 11.4. The van der Waals surface area contributed by atoms with Gasteiger partial charge in [0.2, 0.25) is 0 Å². The Morgan fingerprint density at radius 1 is 0.667 bits per heavy atom. The SMILES string of the molecule is C.C.C.C.CCC(CCC(=O)C(CO)CO)C(C)=O.CCC(CCC(=O)O)C(C)=O. The van der Waals surface area contributed by atoms with E-state index in [9.17, 15) is 19.2 Å². The standard InChI is InChI=1S/C11H20O4.C8H14O3.4CH4/c1-3-9(8(2)14)4-5-11(15)10(6-12)7-13;1-3-7(6(2)9)4-5-8(10)11;;;;/h9-10,12-13H,3-7H2,1-2H3;7H,3-5H2,1-2H3,(H,10,11);4*1H4. The topological polar surface area (TPSA) is 129 Å². The molecule has 0 aliphatic rings. The molecule has 2 atom stereocenters. The Morgan fingerprint density at radius 3 is 1.23 bits per heavy atom. The van der Waals surface area contributed by atoms with Crippen LogP contribution in [0.15, 0.2) is 0 Å². The molecule has 184 valence electrons. The van der Waals surface area contributed by atoms with E-state index in [4.69, 9.17) is 15.3 Å². The van der Waals surface area contributed by atoms with Crippen LogP contribution in [0.3, 0.4) is 0 Å². The first-order chi connectivity index (χ1) is 12.1. The second-order valence-electron chi connectivity index (χ2n) is 6.43. The molecule has 0 rings (SSSR count). The van der Waals surface area contributed by atoms with Crippen LogP contribution in [-0.2, 0) is 19.2 Å². The van der Waals surface area contributed by atoms with Crippen molar-refractivity contribution in [3.05, 3.63) is 0 Å². The third-order valence-electron chi connectivity index (χ3n) is 4.48. The number of hydrogen-bond donors (Lipinski definition) is 3. The Balaban J connectivity index is -0.0000000876. The van der Waals surface area contributed by atoms with E-state index in [2.05, 4.69) is 0 Å². The van der Waals surface area contributed by atoms with Crippen LogP contribution >= 0.6 is 0 Å². The molecule has 0 amide bonds. The molecule has 0 radical (unpaired) electrons. The highest BCUT2D eigenvalue weighted by Gasteiger charge is 2.19. The van der Waals surface area contributed by atoms with E-state index < -0.39 is 11.9 Å². The number of rotatable bonds is 13. The van der Waals surface area contributed by atoms with E-state index >= 15 is 0 Å². The second-order valence-corrected chi connectivity index (χ2v) is 6.43. The summed E-state index contributed by atoms with van der Waals surface area (Å²) in [6, 6.07) is 0. The van der Waals surface area contributed by atoms with Gasteiger partial charge in [0.25, 0.3) is 0 Å². The van der Waals surface area contributed by atoms with Crippen LogP contribution in [0.5, 0.6) is 0 Å². The van der Waals surface area contributed by atoms with Crippen LogP contribution in [-0.4, -0.2) is 51.9 Å². The van der Waals surface area contributed by atoms with E-state index in [0.717, 1.165) is 12.8 Å². The summed E-state index contributed by atoms with van der Waals surface area (Å²) in [5.41, 5.74) is 0. The van der Waals surface area contributed by atoms with Gasteiger partial charge in [-0.25, -0.2) is 0 Å². The number of ketones is 3. The molecule has 0 saturated heterocycles. The van der Waals surface area contributed by atoms with Gasteiger partial charge in [-0.1, -0.05) is 43.6 Å². The van der Waals surface area contributed by atoms with Crippen molar-refractivity contribution in [3.8, 4) is 0 Å². The van der Waals surface area contributed by atoms with Crippen molar-refractivity contribution in [3.63, 3.8) is 0 Å². The number of carboxylic acid groups (broad SMARTS) is 1. The van der Waals surface area contributed by atoms with Gasteiger partial charge in [0.05, 0.1) is 19.1 Å². The van der Waals surface area contributed by atoms with E-state index in [0.29, 0.717) is 12.8 Å². The third-order valence-corrected chi connectivity index (χ3v) is 4.48. The van der Waals surface area contributed by atoms with Gasteiger partial charge < -0.3 is 15.3 Å². The van der Waals surface area contributed by atoms with Crippen LogP contribution in [0.25, 0.3) is 0 Å². The molecule has 0 aliphatic carbocycles. The van der Waals surface area contributed by atoms with Crippen molar-refractivity contribution in [1.29, 1.82) is 0 Å². The fraction of sp³-hybridized carbons (Fsp3) is 0.826. The molecule has 2 unspecified atom stereocenters. The largest absolute Gasteiger partial charge is 0.481 e. The second kappa shape index (κ2) is 25.4. The predicted octanol–water partition coefficient (Wildman–Crippen LogP) is 4.56. The maximum Gasteiger partial charge on any atom is 0.303 e. The molecule has 0 heterocycles. The number of carboxylic acids is 1. The zero-order chi connectivity index (χ0) is 20.7. The summed E-state index contributed by atoms with van der Waals surface area (Å²) in [6.07, 6.45) is 2.80. The minimum atomic E-state index is -0.829. The number of aliphatic hydroxyl groups excluding tert-OH is 2. The Bertz CT molecular complexity index is 443. The Kier molecular flexibility index (Phi) is 36.0. The molecule has 0 aliphatic heterocycles. The molecule has 7 nitrogen and oxygen atoms in total. The average molecular weight is 439 g/mol. The van der Waals surface area contributed by atoms with Crippen LogP contribution in [0.4, 0.5) is 0 Å². The summed E-state index contributed by atoms with van der Waals surface area (Å²) < 4.78 is 0. The molecular weight excluding hydrogens is 388 g/mol. The number of Topliss-reactive ketones (excluding diaryl/α,β-unsaturated/α-hetero) is 3. The van der Waals surface area contributed by atoms with Gasteiger partial charge in [0, 0.05) is 24.7 Å². The lowest BCUT2D eigenvalue weighted by Crippen LogP contribution is -2.23. The number of aliphatic hydroxyl groups is 2. The maximum absolute atomic E-state index is 11.4. The van der Waals surface area contributed by atoms with Crippen LogP contribution in [0, 0.1) is 17.8 Å². The van der Waals surface area contributed by atoms with Gasteiger partial charge >= 0.3 is 5.97 Å². The van der Waals surface area contributed by atoms with Gasteiger partial charge in [-0.2, -0.15) is 0 Å². The van der Waals surface area contributed by atoms with Gasteiger partial charge in [-0.05, 0) is 39.5 Å². The minimum absolute atomic E-state index is 0. The lowest BCUT2D eigenvalue weighted by molar-refractivity contribution is -0.137. The summed E-state index contributed by atoms with van der Waals surface area (Å²) in [6.45, 7) is 6.18. The first-order valence-corrected chi connectivity index (χ1v) is 9.11. The van der Waals surface area contributed by atoms with Gasteiger partial charge in [0.1, 0.15) is 17.3 Å². The van der Waals surface area contributed by atoms with Crippen molar-refractivity contribution < 1.29 is 34.5 Å². The molecule has 0 saturated carbocycles. The minimum Gasteiger partial charge on any atom is -0.481 e. The monoisotopic (exact) mass is 438 g/mol. The van der Waals surface area contributed by atoms with Gasteiger partial charge in [0.15, 0.2) is 0 Å². The molecule has 0 bridgehead atoms. The smallest absolute Gasteiger partial charge is 0.303 e. The average Bonchev–Trinajstić information content (AvgIpc) is 2.56. The van der Waals surface area contributed by atoms with Crippen molar-refractivity contribution in [2.75, 3.05) is 13.2 Å². The quantitative estimate of drug-likeness (QED) is 0.384. The number of hydrogen-bond acceptors (Lipinski definition) is 6. The van der Waals surface area contributed by atoms with Crippen molar-refractivity contribution in [1.82, 2.24) is 0 Å². The molecule has 0 aromatic heterocycles. The predicted molar refractivity (Wildman–Crippen MR) is 125 cm³/mol. The highest BCUT2D eigenvalue weighted by Crippen LogP contribution is 2.14. The summed E-state index contributed by atoms with van der Waals surface area (Å²) in [5, 5.41) is 25.9. The van der Waals surface area contributed by atoms with E-state index in [-0.39, 0.29) is 84.9 Å². The van der Waals surface area contributed by atoms with E-state index in [1.807, 2.05) is 13.8 Å². The van der Waals surface area contributed by atoms with Crippen molar-refractivity contribution in [2.24, 2.45) is 17.8 Å².